The van der Waals surface area contributed by atoms with Gasteiger partial charge in [0.1, 0.15) is 5.82 Å². The van der Waals surface area contributed by atoms with Crippen molar-refractivity contribution in [2.75, 3.05) is 31.1 Å². The van der Waals surface area contributed by atoms with Crippen molar-refractivity contribution in [2.24, 2.45) is 11.7 Å². The Morgan fingerprint density at radius 2 is 1.95 bits per heavy atom. The van der Waals surface area contributed by atoms with Crippen LogP contribution in [0.3, 0.4) is 0 Å². The maximum atomic E-state index is 12.5. The Morgan fingerprint density at radius 3 is 2.55 bits per heavy atom. The summed E-state index contributed by atoms with van der Waals surface area (Å²) in [6.45, 7) is 2.81. The summed E-state index contributed by atoms with van der Waals surface area (Å²) in [5.41, 5.74) is 6.04. The topological polar surface area (TPSA) is 62.5 Å². The lowest BCUT2D eigenvalue weighted by atomic mass is 10.0. The summed E-state index contributed by atoms with van der Waals surface area (Å²) in [6, 6.07) is 1.72. The quantitative estimate of drug-likeness (QED) is 0.894. The van der Waals surface area contributed by atoms with Crippen LogP contribution in [0.4, 0.5) is 5.82 Å². The van der Waals surface area contributed by atoms with Crippen LogP contribution in [-0.4, -0.2) is 48.0 Å². The molecule has 3 rings (SSSR count). The molecule has 5 nitrogen and oxygen atoms in total. The van der Waals surface area contributed by atoms with Crippen molar-refractivity contribution in [1.29, 1.82) is 0 Å². The van der Waals surface area contributed by atoms with Gasteiger partial charge in [-0.15, -0.1) is 0 Å². The fraction of sp³-hybridized carbons (Fsp3) is 0.600. The van der Waals surface area contributed by atoms with E-state index >= 15 is 0 Å². The van der Waals surface area contributed by atoms with E-state index in [4.69, 9.17) is 28.9 Å². The predicted molar refractivity (Wildman–Crippen MR) is 88.4 cm³/mol. The van der Waals surface area contributed by atoms with E-state index in [0.717, 1.165) is 38.2 Å². The first kappa shape index (κ1) is 15.8. The van der Waals surface area contributed by atoms with E-state index in [0.29, 0.717) is 23.1 Å². The molecule has 2 atom stereocenters. The van der Waals surface area contributed by atoms with Gasteiger partial charge in [0.25, 0.3) is 0 Å². The molecule has 120 valence electrons. The van der Waals surface area contributed by atoms with Gasteiger partial charge >= 0.3 is 0 Å². The standard InChI is InChI=1S/C15H20Cl2N4O/c16-10-8-12(17)14(19-9-10)20-4-6-21(7-5-20)15(22)11-2-1-3-13(11)18/h8-9,11,13H,1-7,18H2/t11-,13-/m0/s1. The lowest BCUT2D eigenvalue weighted by molar-refractivity contribution is -0.136. The van der Waals surface area contributed by atoms with Gasteiger partial charge in [-0.1, -0.05) is 29.6 Å². The third-order valence-corrected chi connectivity index (χ3v) is 5.05. The van der Waals surface area contributed by atoms with Gasteiger partial charge in [0, 0.05) is 38.4 Å². The molecule has 0 aromatic carbocycles. The molecule has 1 aliphatic heterocycles. The highest BCUT2D eigenvalue weighted by atomic mass is 35.5. The van der Waals surface area contributed by atoms with Crippen molar-refractivity contribution in [3.8, 4) is 0 Å². The SMILES string of the molecule is N[C@H]1CCC[C@@H]1C(=O)N1CCN(c2ncc(Cl)cc2Cl)CC1. The van der Waals surface area contributed by atoms with Gasteiger partial charge in [-0.25, -0.2) is 4.98 Å². The average molecular weight is 343 g/mol. The molecule has 1 saturated heterocycles. The fourth-order valence-electron chi connectivity index (χ4n) is 3.31. The van der Waals surface area contributed by atoms with Crippen LogP contribution in [0.5, 0.6) is 0 Å². The molecular weight excluding hydrogens is 323 g/mol. The Labute approximate surface area is 140 Å². The van der Waals surface area contributed by atoms with Crippen LogP contribution in [0.1, 0.15) is 19.3 Å². The lowest BCUT2D eigenvalue weighted by Crippen LogP contribution is -2.52. The van der Waals surface area contributed by atoms with E-state index in [1.165, 1.54) is 0 Å². The zero-order chi connectivity index (χ0) is 15.7. The maximum Gasteiger partial charge on any atom is 0.227 e. The third kappa shape index (κ3) is 3.16. The van der Waals surface area contributed by atoms with E-state index < -0.39 is 0 Å². The molecule has 1 amide bonds. The Balaban J connectivity index is 1.61. The Kier molecular flexibility index (Phi) is 4.76. The number of carbonyl (C=O) groups excluding carboxylic acids is 1. The van der Waals surface area contributed by atoms with E-state index in [1.807, 2.05) is 4.90 Å². The molecule has 22 heavy (non-hydrogen) atoms. The molecule has 2 heterocycles. The van der Waals surface area contributed by atoms with Crippen molar-refractivity contribution < 1.29 is 4.79 Å². The lowest BCUT2D eigenvalue weighted by Gasteiger charge is -2.37. The van der Waals surface area contributed by atoms with Crippen LogP contribution >= 0.6 is 23.2 Å². The number of hydrogen-bond donors (Lipinski definition) is 1. The first-order chi connectivity index (χ1) is 10.6. The molecule has 2 aliphatic rings. The molecule has 1 saturated carbocycles. The number of amides is 1. The van der Waals surface area contributed by atoms with E-state index in [-0.39, 0.29) is 17.9 Å². The van der Waals surface area contributed by atoms with Gasteiger partial charge in [-0.2, -0.15) is 0 Å². The van der Waals surface area contributed by atoms with Gasteiger partial charge in [0.05, 0.1) is 16.0 Å². The van der Waals surface area contributed by atoms with Crippen LogP contribution in [-0.2, 0) is 4.79 Å². The van der Waals surface area contributed by atoms with E-state index in [1.54, 1.807) is 12.3 Å². The Morgan fingerprint density at radius 1 is 1.23 bits per heavy atom. The van der Waals surface area contributed by atoms with Crippen LogP contribution < -0.4 is 10.6 Å². The first-order valence-corrected chi connectivity index (χ1v) is 8.42. The number of rotatable bonds is 2. The second-order valence-electron chi connectivity index (χ2n) is 5.97. The number of anilines is 1. The second kappa shape index (κ2) is 6.60. The fourth-order valence-corrected chi connectivity index (χ4v) is 3.81. The molecule has 0 unspecified atom stereocenters. The van der Waals surface area contributed by atoms with Crippen molar-refractivity contribution >= 4 is 34.9 Å². The Bertz CT molecular complexity index is 560. The largest absolute Gasteiger partial charge is 0.352 e. The normalized spacial score (nSPS) is 25.6. The Hall–Kier alpha value is -1.04. The number of pyridine rings is 1. The molecule has 2 fully saturated rings. The zero-order valence-corrected chi connectivity index (χ0v) is 13.9. The summed E-state index contributed by atoms with van der Waals surface area (Å²) in [5.74, 6) is 0.944. The number of nitrogens with two attached hydrogens (primary N) is 1. The molecule has 0 bridgehead atoms. The molecule has 1 aromatic rings. The molecule has 2 N–H and O–H groups in total. The summed E-state index contributed by atoms with van der Waals surface area (Å²) < 4.78 is 0. The highest BCUT2D eigenvalue weighted by Crippen LogP contribution is 2.29. The van der Waals surface area contributed by atoms with Crippen molar-refractivity contribution in [2.45, 2.75) is 25.3 Å². The maximum absolute atomic E-state index is 12.5. The van der Waals surface area contributed by atoms with Crippen LogP contribution in [0, 0.1) is 5.92 Å². The average Bonchev–Trinajstić information content (AvgIpc) is 2.93. The minimum atomic E-state index is 0.00351. The summed E-state index contributed by atoms with van der Waals surface area (Å²) in [5, 5.41) is 1.07. The zero-order valence-electron chi connectivity index (χ0n) is 12.3. The summed E-state index contributed by atoms with van der Waals surface area (Å²) >= 11 is 12.1. The van der Waals surface area contributed by atoms with Crippen molar-refractivity contribution in [1.82, 2.24) is 9.88 Å². The smallest absolute Gasteiger partial charge is 0.227 e. The number of carbonyl (C=O) groups is 1. The third-order valence-electron chi connectivity index (χ3n) is 4.57. The molecular formula is C15H20Cl2N4O. The number of halogens is 2. The summed E-state index contributed by atoms with van der Waals surface area (Å²) in [7, 11) is 0. The van der Waals surface area contributed by atoms with Crippen molar-refractivity contribution in [3.63, 3.8) is 0 Å². The first-order valence-electron chi connectivity index (χ1n) is 7.66. The second-order valence-corrected chi connectivity index (χ2v) is 6.82. The van der Waals surface area contributed by atoms with Gasteiger partial charge < -0.3 is 15.5 Å². The summed E-state index contributed by atoms with van der Waals surface area (Å²) in [6.07, 6.45) is 4.53. The predicted octanol–water partition coefficient (Wildman–Crippen LogP) is 2.16. The molecule has 7 heteroatoms. The van der Waals surface area contributed by atoms with E-state index in [2.05, 4.69) is 9.88 Å². The van der Waals surface area contributed by atoms with Gasteiger partial charge in [0.15, 0.2) is 0 Å². The number of aromatic nitrogens is 1. The molecule has 1 aromatic heterocycles. The van der Waals surface area contributed by atoms with E-state index in [9.17, 15) is 4.79 Å². The minimum Gasteiger partial charge on any atom is -0.352 e. The highest BCUT2D eigenvalue weighted by molar-refractivity contribution is 6.36. The van der Waals surface area contributed by atoms with Crippen molar-refractivity contribution in [3.05, 3.63) is 22.3 Å². The minimum absolute atomic E-state index is 0.00351. The van der Waals surface area contributed by atoms with Crippen LogP contribution in [0.25, 0.3) is 0 Å². The molecule has 0 radical (unpaired) electrons. The van der Waals surface area contributed by atoms with Gasteiger partial charge in [-0.05, 0) is 18.9 Å². The van der Waals surface area contributed by atoms with Crippen LogP contribution in [0.15, 0.2) is 12.3 Å². The van der Waals surface area contributed by atoms with Gasteiger partial charge in [-0.3, -0.25) is 4.79 Å². The number of piperazine rings is 1. The van der Waals surface area contributed by atoms with Gasteiger partial charge in [0.2, 0.25) is 5.91 Å². The molecule has 0 spiro atoms. The molecule has 1 aliphatic carbocycles. The summed E-state index contributed by atoms with van der Waals surface area (Å²) in [4.78, 5) is 20.9. The van der Waals surface area contributed by atoms with Crippen LogP contribution in [0.2, 0.25) is 10.0 Å². The number of hydrogen-bond acceptors (Lipinski definition) is 4. The monoisotopic (exact) mass is 342 g/mol. The number of nitrogens with zero attached hydrogens (tertiary/aromatic N) is 3. The highest BCUT2D eigenvalue weighted by Gasteiger charge is 2.34.